The minimum atomic E-state index is -0.304. The zero-order chi connectivity index (χ0) is 10.9. The molecule has 3 nitrogen and oxygen atoms in total. The molecule has 0 radical (unpaired) electrons. The number of amides is 1. The van der Waals surface area contributed by atoms with Gasteiger partial charge in [-0.1, -0.05) is 27.7 Å². The number of piperidine rings is 1. The summed E-state index contributed by atoms with van der Waals surface area (Å²) in [5.41, 5.74) is -0.304. The maximum absolute atomic E-state index is 11.9. The highest BCUT2D eigenvalue weighted by molar-refractivity contribution is 5.81. The summed E-state index contributed by atoms with van der Waals surface area (Å²) in [5, 5.41) is 9.54. The predicted octanol–water partition coefficient (Wildman–Crippen LogP) is 1.26. The lowest BCUT2D eigenvalue weighted by Crippen LogP contribution is -2.48. The van der Waals surface area contributed by atoms with Gasteiger partial charge in [-0.3, -0.25) is 4.79 Å². The SMILES string of the molecule is CC1CN(C(=O)C(C)(C)C)CCC1O. The van der Waals surface area contributed by atoms with Gasteiger partial charge < -0.3 is 10.0 Å². The molecule has 2 unspecified atom stereocenters. The second kappa shape index (κ2) is 3.89. The van der Waals surface area contributed by atoms with Crippen molar-refractivity contribution in [3.05, 3.63) is 0 Å². The van der Waals surface area contributed by atoms with Crippen LogP contribution in [0.2, 0.25) is 0 Å². The molecule has 1 aliphatic heterocycles. The smallest absolute Gasteiger partial charge is 0.227 e. The van der Waals surface area contributed by atoms with Crippen molar-refractivity contribution in [1.82, 2.24) is 4.90 Å². The number of aliphatic hydroxyl groups excluding tert-OH is 1. The molecule has 82 valence electrons. The summed E-state index contributed by atoms with van der Waals surface area (Å²) in [5.74, 6) is 0.395. The van der Waals surface area contributed by atoms with E-state index >= 15 is 0 Å². The van der Waals surface area contributed by atoms with E-state index in [-0.39, 0.29) is 23.3 Å². The lowest BCUT2D eigenvalue weighted by molar-refractivity contribution is -0.143. The van der Waals surface area contributed by atoms with E-state index in [2.05, 4.69) is 0 Å². The lowest BCUT2D eigenvalue weighted by Gasteiger charge is -2.37. The van der Waals surface area contributed by atoms with Gasteiger partial charge in [0.1, 0.15) is 0 Å². The second-order valence-electron chi connectivity index (χ2n) is 5.33. The molecule has 3 heteroatoms. The van der Waals surface area contributed by atoms with Gasteiger partial charge in [0.05, 0.1) is 6.10 Å². The Morgan fingerprint density at radius 2 is 2.00 bits per heavy atom. The topological polar surface area (TPSA) is 40.5 Å². The van der Waals surface area contributed by atoms with Crippen LogP contribution in [0.5, 0.6) is 0 Å². The first-order chi connectivity index (χ1) is 6.32. The summed E-state index contributed by atoms with van der Waals surface area (Å²) in [6.07, 6.45) is 0.474. The highest BCUT2D eigenvalue weighted by Crippen LogP contribution is 2.23. The van der Waals surface area contributed by atoms with E-state index in [1.54, 1.807) is 0 Å². The number of rotatable bonds is 0. The number of hydrogen-bond donors (Lipinski definition) is 1. The van der Waals surface area contributed by atoms with Crippen LogP contribution in [0.1, 0.15) is 34.1 Å². The maximum Gasteiger partial charge on any atom is 0.227 e. The fourth-order valence-electron chi connectivity index (χ4n) is 1.79. The molecule has 1 fully saturated rings. The van der Waals surface area contributed by atoms with Gasteiger partial charge in [-0.2, -0.15) is 0 Å². The van der Waals surface area contributed by atoms with Crippen LogP contribution < -0.4 is 0 Å². The number of carbonyl (C=O) groups is 1. The van der Waals surface area contributed by atoms with E-state index in [0.29, 0.717) is 19.5 Å². The summed E-state index contributed by atoms with van der Waals surface area (Å²) in [6, 6.07) is 0. The third-order valence-corrected chi connectivity index (χ3v) is 2.79. The minimum Gasteiger partial charge on any atom is -0.393 e. The molecule has 2 atom stereocenters. The molecule has 1 rings (SSSR count). The molecule has 14 heavy (non-hydrogen) atoms. The number of aliphatic hydroxyl groups is 1. The third-order valence-electron chi connectivity index (χ3n) is 2.79. The fourth-order valence-corrected chi connectivity index (χ4v) is 1.79. The Morgan fingerprint density at radius 1 is 1.43 bits per heavy atom. The van der Waals surface area contributed by atoms with Gasteiger partial charge in [0.2, 0.25) is 5.91 Å². The first-order valence-electron chi connectivity index (χ1n) is 5.30. The van der Waals surface area contributed by atoms with Crippen LogP contribution in [0.25, 0.3) is 0 Å². The monoisotopic (exact) mass is 199 g/mol. The molecule has 1 aliphatic rings. The van der Waals surface area contributed by atoms with Gasteiger partial charge in [0, 0.05) is 18.5 Å². The second-order valence-corrected chi connectivity index (χ2v) is 5.33. The van der Waals surface area contributed by atoms with E-state index in [4.69, 9.17) is 0 Å². The summed E-state index contributed by atoms with van der Waals surface area (Å²) < 4.78 is 0. The molecule has 0 spiro atoms. The quantitative estimate of drug-likeness (QED) is 0.638. The molecule has 0 aliphatic carbocycles. The standard InChI is InChI=1S/C11H21NO2/c1-8-7-12(6-5-9(8)13)10(14)11(2,3)4/h8-9,13H,5-7H2,1-4H3. The van der Waals surface area contributed by atoms with Gasteiger partial charge in [-0.15, -0.1) is 0 Å². The van der Waals surface area contributed by atoms with Crippen molar-refractivity contribution in [2.75, 3.05) is 13.1 Å². The van der Waals surface area contributed by atoms with E-state index in [9.17, 15) is 9.90 Å². The Bertz CT molecular complexity index is 220. The average Bonchev–Trinajstić information content (AvgIpc) is 2.07. The highest BCUT2D eigenvalue weighted by Gasteiger charge is 2.32. The summed E-state index contributed by atoms with van der Waals surface area (Å²) in [6.45, 7) is 9.19. The minimum absolute atomic E-state index is 0.191. The Kier molecular flexibility index (Phi) is 3.20. The molecule has 0 aromatic heterocycles. The summed E-state index contributed by atoms with van der Waals surface area (Å²) in [7, 11) is 0. The van der Waals surface area contributed by atoms with E-state index in [1.807, 2.05) is 32.6 Å². The van der Waals surface area contributed by atoms with E-state index in [0.717, 1.165) is 0 Å². The van der Waals surface area contributed by atoms with Gasteiger partial charge in [-0.05, 0) is 12.3 Å². The number of nitrogens with zero attached hydrogens (tertiary/aromatic N) is 1. The van der Waals surface area contributed by atoms with Crippen LogP contribution in [0.4, 0.5) is 0 Å². The molecule has 0 aromatic rings. The molecule has 1 N–H and O–H groups in total. The van der Waals surface area contributed by atoms with Crippen LogP contribution in [0, 0.1) is 11.3 Å². The normalized spacial score (nSPS) is 29.1. The molecule has 0 aromatic carbocycles. The zero-order valence-electron chi connectivity index (χ0n) is 9.58. The third kappa shape index (κ3) is 2.47. The molecule has 0 saturated carbocycles. The summed E-state index contributed by atoms with van der Waals surface area (Å²) >= 11 is 0. The van der Waals surface area contributed by atoms with Crippen molar-refractivity contribution in [2.45, 2.75) is 40.2 Å². The van der Waals surface area contributed by atoms with Gasteiger partial charge in [0.25, 0.3) is 0 Å². The molecular formula is C11H21NO2. The van der Waals surface area contributed by atoms with Gasteiger partial charge >= 0.3 is 0 Å². The highest BCUT2D eigenvalue weighted by atomic mass is 16.3. The Hall–Kier alpha value is -0.570. The predicted molar refractivity (Wildman–Crippen MR) is 55.8 cm³/mol. The first-order valence-corrected chi connectivity index (χ1v) is 5.30. The van der Waals surface area contributed by atoms with Crippen molar-refractivity contribution >= 4 is 5.91 Å². The average molecular weight is 199 g/mol. The number of likely N-dealkylation sites (tertiary alicyclic amines) is 1. The van der Waals surface area contributed by atoms with Crippen LogP contribution in [0.3, 0.4) is 0 Å². The largest absolute Gasteiger partial charge is 0.393 e. The molecule has 1 heterocycles. The van der Waals surface area contributed by atoms with Crippen molar-refractivity contribution in [1.29, 1.82) is 0 Å². The maximum atomic E-state index is 11.9. The molecule has 0 bridgehead atoms. The Labute approximate surface area is 86.1 Å². The van der Waals surface area contributed by atoms with Crippen LogP contribution in [-0.2, 0) is 4.79 Å². The number of hydrogen-bond acceptors (Lipinski definition) is 2. The van der Waals surface area contributed by atoms with Crippen LogP contribution in [-0.4, -0.2) is 35.1 Å². The number of carbonyl (C=O) groups excluding carboxylic acids is 1. The van der Waals surface area contributed by atoms with Crippen molar-refractivity contribution in [3.8, 4) is 0 Å². The van der Waals surface area contributed by atoms with Crippen LogP contribution in [0.15, 0.2) is 0 Å². The molecular weight excluding hydrogens is 178 g/mol. The van der Waals surface area contributed by atoms with Gasteiger partial charge in [0.15, 0.2) is 0 Å². The van der Waals surface area contributed by atoms with E-state index in [1.165, 1.54) is 0 Å². The lowest BCUT2D eigenvalue weighted by atomic mass is 9.91. The van der Waals surface area contributed by atoms with Crippen molar-refractivity contribution < 1.29 is 9.90 Å². The Balaban J connectivity index is 2.59. The first kappa shape index (κ1) is 11.5. The van der Waals surface area contributed by atoms with Gasteiger partial charge in [-0.25, -0.2) is 0 Å². The van der Waals surface area contributed by atoms with E-state index < -0.39 is 0 Å². The zero-order valence-corrected chi connectivity index (χ0v) is 9.58. The molecule has 1 saturated heterocycles. The fraction of sp³-hybridized carbons (Fsp3) is 0.909. The summed E-state index contributed by atoms with van der Waals surface area (Å²) in [4.78, 5) is 13.8. The molecule has 1 amide bonds. The van der Waals surface area contributed by atoms with Crippen LogP contribution >= 0.6 is 0 Å². The Morgan fingerprint density at radius 3 is 2.43 bits per heavy atom. The van der Waals surface area contributed by atoms with Crippen molar-refractivity contribution in [3.63, 3.8) is 0 Å². The van der Waals surface area contributed by atoms with Crippen molar-refractivity contribution in [2.24, 2.45) is 11.3 Å².